The van der Waals surface area contributed by atoms with Crippen molar-refractivity contribution in [2.75, 3.05) is 0 Å². The van der Waals surface area contributed by atoms with Crippen molar-refractivity contribution in [3.63, 3.8) is 0 Å². The van der Waals surface area contributed by atoms with Gasteiger partial charge in [0.2, 0.25) is 0 Å². The summed E-state index contributed by atoms with van der Waals surface area (Å²) >= 11 is 0. The summed E-state index contributed by atoms with van der Waals surface area (Å²) in [7, 11) is 0. The van der Waals surface area contributed by atoms with Crippen LogP contribution < -0.4 is 10.7 Å². The molecule has 0 spiro atoms. The van der Waals surface area contributed by atoms with Crippen LogP contribution in [0.5, 0.6) is 0 Å². The van der Waals surface area contributed by atoms with Crippen molar-refractivity contribution in [2.24, 2.45) is 10.7 Å². The van der Waals surface area contributed by atoms with Gasteiger partial charge in [0.05, 0.1) is 0 Å². The van der Waals surface area contributed by atoms with Crippen LogP contribution >= 0.6 is 0 Å². The Morgan fingerprint density at radius 3 is 2.71 bits per heavy atom. The highest BCUT2D eigenvalue weighted by atomic mass is 16.1. The van der Waals surface area contributed by atoms with Crippen LogP contribution in [-0.2, 0) is 4.79 Å². The molecule has 1 aliphatic heterocycles. The number of carbonyl (C=O) groups excluding carboxylic acids is 1. The van der Waals surface area contributed by atoms with Crippen molar-refractivity contribution < 1.29 is 4.79 Å². The van der Waals surface area contributed by atoms with E-state index in [0.29, 0.717) is 0 Å². The molecular weight excluding hydrogens is 94.1 g/mol. The smallest absolute Gasteiger partial charge is 0.284 e. The highest BCUT2D eigenvalue weighted by Gasteiger charge is 2.13. The molecule has 1 rings (SSSR count). The van der Waals surface area contributed by atoms with Crippen molar-refractivity contribution in [2.45, 2.75) is 0 Å². The van der Waals surface area contributed by atoms with Crippen LogP contribution in [0, 0.1) is 0 Å². The van der Waals surface area contributed by atoms with Gasteiger partial charge in [0, 0.05) is 0 Å². The van der Waals surface area contributed by atoms with Crippen LogP contribution in [0.15, 0.2) is 4.99 Å². The second kappa shape index (κ2) is 1.14. The van der Waals surface area contributed by atoms with Gasteiger partial charge < -0.3 is 0 Å². The summed E-state index contributed by atoms with van der Waals surface area (Å²) in [5, 5.41) is 0. The maximum Gasteiger partial charge on any atom is 0.427 e. The summed E-state index contributed by atoms with van der Waals surface area (Å²) < 4.78 is 0. The fourth-order valence-corrected chi connectivity index (χ4v) is 0.292. The van der Waals surface area contributed by atoms with Crippen molar-refractivity contribution in [3.05, 3.63) is 0 Å². The van der Waals surface area contributed by atoms with Crippen molar-refractivity contribution in [1.29, 1.82) is 0 Å². The van der Waals surface area contributed by atoms with Gasteiger partial charge in [0.15, 0.2) is 6.21 Å². The van der Waals surface area contributed by atoms with Crippen molar-refractivity contribution in [1.82, 2.24) is 4.99 Å². The number of hydrogen-bond acceptors (Lipinski definition) is 3. The third-order valence-electron chi connectivity index (χ3n) is 0.532. The third kappa shape index (κ3) is 0.623. The first-order valence-electron chi connectivity index (χ1n) is 1.71. The minimum absolute atomic E-state index is 0.0463. The quantitative estimate of drug-likeness (QED) is 0.389. The zero-order chi connectivity index (χ0) is 5.28. The van der Waals surface area contributed by atoms with Gasteiger partial charge in [-0.3, -0.25) is 5.73 Å². The van der Waals surface area contributed by atoms with E-state index in [0.717, 1.165) is 6.21 Å². The maximum absolute atomic E-state index is 10.0. The standard InChI is InChI=1S/C3H3N3O/c4-3-5-1-2(7)6-3/h1H,(H2,4,6,7)/q+1. The second-order valence-electron chi connectivity index (χ2n) is 1.07. The number of rotatable bonds is 0. The van der Waals surface area contributed by atoms with E-state index in [1.165, 1.54) is 0 Å². The molecule has 0 fully saturated rings. The summed E-state index contributed by atoms with van der Waals surface area (Å²) in [6.07, 6.45) is 1.08. The van der Waals surface area contributed by atoms with Crippen LogP contribution in [0.2, 0.25) is 0 Å². The number of nitrogens with two attached hydrogens (primary N) is 1. The lowest BCUT2D eigenvalue weighted by Crippen LogP contribution is -2.13. The average molecular weight is 97.1 g/mol. The number of aliphatic imine (C=N–C) groups is 2. The summed E-state index contributed by atoms with van der Waals surface area (Å²) in [6, 6.07) is 0. The molecule has 4 nitrogen and oxygen atoms in total. The normalized spacial score (nSPS) is 17.7. The number of guanidine groups is 1. The molecule has 0 aliphatic carbocycles. The third-order valence-corrected chi connectivity index (χ3v) is 0.532. The lowest BCUT2D eigenvalue weighted by Gasteiger charge is -1.57. The first-order chi connectivity index (χ1) is 3.29. The van der Waals surface area contributed by atoms with E-state index in [4.69, 9.17) is 5.73 Å². The van der Waals surface area contributed by atoms with Crippen LogP contribution in [0.25, 0.3) is 0 Å². The van der Waals surface area contributed by atoms with Crippen LogP contribution in [0.1, 0.15) is 0 Å². The van der Waals surface area contributed by atoms with Gasteiger partial charge in [-0.2, -0.15) is 0 Å². The minimum atomic E-state index is -0.377. The monoisotopic (exact) mass is 97.0 g/mol. The SMILES string of the molecule is NC1=NC(=O)C=[N+]1. The summed E-state index contributed by atoms with van der Waals surface area (Å²) in [6.45, 7) is 0. The lowest BCUT2D eigenvalue weighted by atomic mass is 10.7. The zero-order valence-corrected chi connectivity index (χ0v) is 3.46. The summed E-state index contributed by atoms with van der Waals surface area (Å²) in [4.78, 5) is 16.6. The molecule has 0 aromatic rings. The molecule has 4 heteroatoms. The zero-order valence-electron chi connectivity index (χ0n) is 3.46. The molecule has 7 heavy (non-hydrogen) atoms. The Bertz CT molecular complexity index is 158. The van der Waals surface area contributed by atoms with Crippen LogP contribution in [0.4, 0.5) is 0 Å². The fourth-order valence-electron chi connectivity index (χ4n) is 0.292. The van der Waals surface area contributed by atoms with E-state index in [1.54, 1.807) is 0 Å². The van der Waals surface area contributed by atoms with Gasteiger partial charge in [0.1, 0.15) is 0 Å². The Balaban J connectivity index is 2.88. The van der Waals surface area contributed by atoms with Gasteiger partial charge in [-0.1, -0.05) is 4.99 Å². The lowest BCUT2D eigenvalue weighted by molar-refractivity contribution is -0.111. The predicted molar refractivity (Wildman–Crippen MR) is 24.8 cm³/mol. The predicted octanol–water partition coefficient (Wildman–Crippen LogP) is -1.75. The molecular formula is C3H3N3O+. The molecule has 1 amide bonds. The number of hydrogen-bond donors (Lipinski definition) is 1. The number of nitrogens with zero attached hydrogens (tertiary/aromatic N) is 2. The molecule has 0 bridgehead atoms. The Morgan fingerprint density at radius 1 is 1.86 bits per heavy atom. The molecule has 1 radical (unpaired) electrons. The highest BCUT2D eigenvalue weighted by Crippen LogP contribution is 1.72. The van der Waals surface area contributed by atoms with Gasteiger partial charge >= 0.3 is 11.9 Å². The Morgan fingerprint density at radius 2 is 2.57 bits per heavy atom. The molecule has 0 aromatic carbocycles. The van der Waals surface area contributed by atoms with E-state index < -0.39 is 0 Å². The molecule has 2 N–H and O–H groups in total. The van der Waals surface area contributed by atoms with Crippen molar-refractivity contribution >= 4 is 18.1 Å². The minimum Gasteiger partial charge on any atom is -0.284 e. The Hall–Kier alpha value is -1.19. The van der Waals surface area contributed by atoms with E-state index in [-0.39, 0.29) is 11.9 Å². The van der Waals surface area contributed by atoms with Crippen LogP contribution in [0.3, 0.4) is 0 Å². The summed E-state index contributed by atoms with van der Waals surface area (Å²) in [5.41, 5.74) is 4.96. The number of carbonyl (C=O) groups is 1. The van der Waals surface area contributed by atoms with E-state index in [9.17, 15) is 4.79 Å². The largest absolute Gasteiger partial charge is 0.427 e. The van der Waals surface area contributed by atoms with E-state index >= 15 is 0 Å². The molecule has 1 heterocycles. The Kier molecular flexibility index (Phi) is 0.651. The van der Waals surface area contributed by atoms with Gasteiger partial charge in [-0.15, -0.1) is 0 Å². The molecule has 0 aromatic heterocycles. The average Bonchev–Trinajstić information content (AvgIpc) is 1.87. The number of amides is 1. The fraction of sp³-hybridized carbons (Fsp3) is 0. The second-order valence-corrected chi connectivity index (χ2v) is 1.07. The first-order valence-corrected chi connectivity index (χ1v) is 1.71. The van der Waals surface area contributed by atoms with Gasteiger partial charge in [0.25, 0.3) is 0 Å². The van der Waals surface area contributed by atoms with Crippen molar-refractivity contribution in [3.8, 4) is 0 Å². The maximum atomic E-state index is 10.0. The highest BCUT2D eigenvalue weighted by molar-refractivity contribution is 6.33. The van der Waals surface area contributed by atoms with Crippen LogP contribution in [-0.4, -0.2) is 18.1 Å². The van der Waals surface area contributed by atoms with E-state index in [1.807, 2.05) is 0 Å². The first kappa shape index (κ1) is 3.98. The molecule has 0 saturated heterocycles. The van der Waals surface area contributed by atoms with E-state index in [2.05, 4.69) is 9.98 Å². The molecule has 0 atom stereocenters. The Labute approximate surface area is 39.8 Å². The topological polar surface area (TPSA) is 69.5 Å². The summed E-state index contributed by atoms with van der Waals surface area (Å²) in [5.74, 6) is -0.331. The molecule has 0 unspecified atom stereocenters. The van der Waals surface area contributed by atoms with Gasteiger partial charge in [-0.05, 0) is 4.99 Å². The molecule has 35 valence electrons. The molecule has 1 aliphatic rings. The molecule has 0 saturated carbocycles. The van der Waals surface area contributed by atoms with Gasteiger partial charge in [-0.25, -0.2) is 4.79 Å².